The maximum atomic E-state index is 11.0. The van der Waals surface area contributed by atoms with Crippen molar-refractivity contribution < 1.29 is 14.5 Å². The molecule has 14 heavy (non-hydrogen) atoms. The summed E-state index contributed by atoms with van der Waals surface area (Å²) >= 11 is 5.65. The molecule has 1 aromatic carbocycles. The minimum atomic E-state index is -0.704. The second kappa shape index (κ2) is 2.81. The largest absolute Gasteiger partial charge is 0.359 e. The molecule has 0 N–H and O–H groups in total. The van der Waals surface area contributed by atoms with Crippen molar-refractivity contribution in [1.29, 1.82) is 0 Å². The van der Waals surface area contributed by atoms with E-state index in [4.69, 9.17) is 11.6 Å². The minimum absolute atomic E-state index is 0.0177. The van der Waals surface area contributed by atoms with Gasteiger partial charge >= 0.3 is 11.2 Å². The smallest absolute Gasteiger partial charge is 0.324 e. The van der Waals surface area contributed by atoms with E-state index in [1.165, 1.54) is 6.07 Å². The zero-order valence-corrected chi connectivity index (χ0v) is 7.26. The van der Waals surface area contributed by atoms with Crippen LogP contribution in [0.1, 0.15) is 0 Å². The molecule has 0 radical (unpaired) electrons. The number of halogens is 1. The number of hydrogen-bond acceptors (Lipinski definition) is 5. The Morgan fingerprint density at radius 2 is 2.29 bits per heavy atom. The molecule has 2 rings (SSSR count). The number of non-ortho nitro benzene ring substituents is 1. The number of nitro groups is 1. The third-order valence-corrected chi connectivity index (χ3v) is 1.97. The molecule has 1 aromatic heterocycles. The van der Waals surface area contributed by atoms with Gasteiger partial charge in [-0.2, -0.15) is 0 Å². The third kappa shape index (κ3) is 1.06. The Bertz CT molecular complexity index is 523. The summed E-state index contributed by atoms with van der Waals surface area (Å²) in [5.74, 6) is 0. The van der Waals surface area contributed by atoms with Crippen molar-refractivity contribution in [1.82, 2.24) is 5.16 Å². The van der Waals surface area contributed by atoms with Crippen LogP contribution in [-0.4, -0.2) is 10.1 Å². The monoisotopic (exact) mass is 215 g/mol. The number of aromatic nitrogens is 2. The Kier molecular flexibility index (Phi) is 1.74. The van der Waals surface area contributed by atoms with Crippen molar-refractivity contribution in [2.75, 3.05) is 0 Å². The highest BCUT2D eigenvalue weighted by Crippen LogP contribution is 2.27. The first-order valence-corrected chi connectivity index (χ1v) is 3.81. The fraction of sp³-hybridized carbons (Fsp3) is 0. The van der Waals surface area contributed by atoms with Crippen LogP contribution in [0.4, 0.5) is 5.69 Å². The predicted octanol–water partition coefficient (Wildman–Crippen LogP) is 1.02. The molecule has 0 atom stereocenters. The zero-order chi connectivity index (χ0) is 10.3. The Hall–Kier alpha value is -1.89. The minimum Gasteiger partial charge on any atom is -0.359 e. The molecule has 2 aromatic rings. The summed E-state index contributed by atoms with van der Waals surface area (Å²) in [6, 6.07) is 2.40. The maximum absolute atomic E-state index is 11.0. The van der Waals surface area contributed by atoms with Crippen molar-refractivity contribution in [3.05, 3.63) is 32.5 Å². The van der Waals surface area contributed by atoms with E-state index in [0.29, 0.717) is 0 Å². The number of benzene rings is 1. The van der Waals surface area contributed by atoms with Crippen LogP contribution in [0.2, 0.25) is 5.02 Å². The van der Waals surface area contributed by atoms with E-state index in [2.05, 4.69) is 9.79 Å². The van der Waals surface area contributed by atoms with Gasteiger partial charge in [-0.3, -0.25) is 14.7 Å². The quantitative estimate of drug-likeness (QED) is 0.402. The van der Waals surface area contributed by atoms with Gasteiger partial charge in [0.2, 0.25) is 0 Å². The highest BCUT2D eigenvalue weighted by molar-refractivity contribution is 6.35. The first-order chi connectivity index (χ1) is 6.61. The molecule has 0 fully saturated rings. The Labute approximate surface area is 81.2 Å². The van der Waals surface area contributed by atoms with Gasteiger partial charge < -0.3 is 5.21 Å². The van der Waals surface area contributed by atoms with E-state index < -0.39 is 4.92 Å². The molecule has 72 valence electrons. The standard InChI is InChI=1S/C6H2ClN3O4/c7-3-1-2-4(9(11)12)6-5(3)8-14-10(6)13/h1-2H. The fourth-order valence-corrected chi connectivity index (χ4v) is 1.26. The second-order valence-corrected chi connectivity index (χ2v) is 2.86. The highest BCUT2D eigenvalue weighted by Gasteiger charge is 2.25. The lowest BCUT2D eigenvalue weighted by Gasteiger charge is -1.91. The van der Waals surface area contributed by atoms with E-state index in [-0.39, 0.29) is 26.6 Å². The van der Waals surface area contributed by atoms with Crippen LogP contribution in [-0.2, 0) is 0 Å². The van der Waals surface area contributed by atoms with Crippen molar-refractivity contribution in [2.24, 2.45) is 0 Å². The van der Waals surface area contributed by atoms with Crippen molar-refractivity contribution >= 4 is 28.3 Å². The average molecular weight is 216 g/mol. The van der Waals surface area contributed by atoms with Gasteiger partial charge in [-0.25, -0.2) is 0 Å². The van der Waals surface area contributed by atoms with E-state index in [1.807, 2.05) is 0 Å². The van der Waals surface area contributed by atoms with Gasteiger partial charge in [-0.05, 0) is 11.0 Å². The van der Waals surface area contributed by atoms with E-state index in [9.17, 15) is 15.3 Å². The molecule has 0 aliphatic rings. The van der Waals surface area contributed by atoms with Gasteiger partial charge in [0, 0.05) is 11.2 Å². The summed E-state index contributed by atoms with van der Waals surface area (Å²) in [6.45, 7) is 0. The molecule has 0 saturated carbocycles. The molecule has 7 nitrogen and oxygen atoms in total. The van der Waals surface area contributed by atoms with Crippen LogP contribution >= 0.6 is 11.6 Å². The lowest BCUT2D eigenvalue weighted by Crippen LogP contribution is -2.23. The Balaban J connectivity index is 2.92. The summed E-state index contributed by atoms with van der Waals surface area (Å²) in [5.41, 5.74) is -0.681. The van der Waals surface area contributed by atoms with E-state index in [0.717, 1.165) is 6.07 Å². The van der Waals surface area contributed by atoms with Crippen LogP contribution < -0.4 is 4.90 Å². The van der Waals surface area contributed by atoms with Crippen LogP contribution in [0.25, 0.3) is 11.0 Å². The topological polar surface area (TPSA) is 96.1 Å². The Morgan fingerprint density at radius 3 is 2.93 bits per heavy atom. The molecule has 0 amide bonds. The first-order valence-electron chi connectivity index (χ1n) is 3.43. The van der Waals surface area contributed by atoms with E-state index in [1.54, 1.807) is 0 Å². The molecular weight excluding hydrogens is 214 g/mol. The number of nitrogens with zero attached hydrogens (tertiary/aromatic N) is 3. The lowest BCUT2D eigenvalue weighted by atomic mass is 10.3. The summed E-state index contributed by atoms with van der Waals surface area (Å²) in [4.78, 5) is 9.77. The summed E-state index contributed by atoms with van der Waals surface area (Å²) in [6.07, 6.45) is 0. The van der Waals surface area contributed by atoms with Gasteiger partial charge in [-0.1, -0.05) is 11.6 Å². The molecule has 1 heterocycles. The zero-order valence-electron chi connectivity index (χ0n) is 6.51. The van der Waals surface area contributed by atoms with Crippen LogP contribution in [0, 0.1) is 15.3 Å². The van der Waals surface area contributed by atoms with Crippen LogP contribution in [0.15, 0.2) is 16.8 Å². The maximum Gasteiger partial charge on any atom is 0.324 e. The lowest BCUT2D eigenvalue weighted by molar-refractivity contribution is -0.783. The van der Waals surface area contributed by atoms with Crippen molar-refractivity contribution in [2.45, 2.75) is 0 Å². The summed E-state index contributed by atoms with van der Waals surface area (Å²) in [5, 5.41) is 24.9. The Morgan fingerprint density at radius 1 is 1.57 bits per heavy atom. The number of hydrogen-bond donors (Lipinski definition) is 0. The van der Waals surface area contributed by atoms with Gasteiger partial charge in [-0.15, -0.1) is 0 Å². The molecule has 0 saturated heterocycles. The van der Waals surface area contributed by atoms with Gasteiger partial charge in [0.1, 0.15) is 0 Å². The van der Waals surface area contributed by atoms with Gasteiger partial charge in [0.15, 0.2) is 0 Å². The molecule has 0 unspecified atom stereocenters. The normalized spacial score (nSPS) is 10.6. The van der Waals surface area contributed by atoms with Crippen molar-refractivity contribution in [3.63, 3.8) is 0 Å². The predicted molar refractivity (Wildman–Crippen MR) is 44.6 cm³/mol. The molecule has 0 bridgehead atoms. The van der Waals surface area contributed by atoms with Gasteiger partial charge in [0.25, 0.3) is 5.52 Å². The number of fused-ring (bicyclic) bond motifs is 1. The van der Waals surface area contributed by atoms with Gasteiger partial charge in [0.05, 0.1) is 9.95 Å². The number of rotatable bonds is 1. The molecule has 8 heteroatoms. The third-order valence-electron chi connectivity index (χ3n) is 1.67. The SMILES string of the molecule is O=[N+]([O-])c1ccc(Cl)c2no[n+]([O-])c12. The van der Waals surface area contributed by atoms with Crippen LogP contribution in [0.3, 0.4) is 0 Å². The molecule has 0 spiro atoms. The first kappa shape index (κ1) is 8.70. The summed E-state index contributed by atoms with van der Waals surface area (Å²) in [7, 11) is 0. The highest BCUT2D eigenvalue weighted by atomic mass is 35.5. The molecular formula is C6H2ClN3O4. The average Bonchev–Trinajstić information content (AvgIpc) is 2.50. The summed E-state index contributed by atoms with van der Waals surface area (Å²) < 4.78 is 4.21. The van der Waals surface area contributed by atoms with Crippen LogP contribution in [0.5, 0.6) is 0 Å². The second-order valence-electron chi connectivity index (χ2n) is 2.45. The van der Waals surface area contributed by atoms with E-state index >= 15 is 0 Å². The fourth-order valence-electron chi connectivity index (χ4n) is 1.08. The molecule has 0 aliphatic heterocycles. The number of nitro benzene ring substituents is 1. The molecule has 0 aliphatic carbocycles. The van der Waals surface area contributed by atoms with Crippen molar-refractivity contribution in [3.8, 4) is 0 Å².